The summed E-state index contributed by atoms with van der Waals surface area (Å²) in [6.45, 7) is 3.58. The lowest BCUT2D eigenvalue weighted by Gasteiger charge is -2.23. The molecule has 82 valence electrons. The van der Waals surface area contributed by atoms with E-state index in [1.54, 1.807) is 4.90 Å². The molecule has 0 saturated carbocycles. The fourth-order valence-electron chi connectivity index (χ4n) is 1.78. The zero-order chi connectivity index (χ0) is 10.7. The molecule has 0 aromatic heterocycles. The quantitative estimate of drug-likeness (QED) is 0.856. The number of thioether (sulfide) groups is 1. The van der Waals surface area contributed by atoms with Crippen molar-refractivity contribution in [3.63, 3.8) is 0 Å². The molecule has 1 nitrogen and oxygen atoms in total. The van der Waals surface area contributed by atoms with E-state index in [1.165, 1.54) is 30.2 Å². The lowest BCUT2D eigenvalue weighted by molar-refractivity contribution is -0.910. The molecule has 0 spiro atoms. The number of nitrogens with one attached hydrogen (secondary N) is 1. The average Bonchev–Trinajstić information content (AvgIpc) is 2.25. The first-order chi connectivity index (χ1) is 7.25. The smallest absolute Gasteiger partial charge is 0.103 e. The van der Waals surface area contributed by atoms with Crippen molar-refractivity contribution in [2.45, 2.75) is 6.54 Å². The number of quaternary nitrogens is 1. The first-order valence-electron chi connectivity index (χ1n) is 5.11. The molecule has 0 atom stereocenters. The van der Waals surface area contributed by atoms with Crippen LogP contribution in [0.1, 0.15) is 5.56 Å². The van der Waals surface area contributed by atoms with Gasteiger partial charge in [-0.1, -0.05) is 29.3 Å². The Hall–Kier alpha value is 0.110. The van der Waals surface area contributed by atoms with Crippen molar-refractivity contribution in [1.82, 2.24) is 0 Å². The highest BCUT2D eigenvalue weighted by Crippen LogP contribution is 2.22. The third-order valence-corrected chi connectivity index (χ3v) is 4.36. The lowest BCUT2D eigenvalue weighted by Crippen LogP contribution is -3.12. The monoisotopic (exact) mass is 262 g/mol. The molecule has 1 aromatic rings. The Morgan fingerprint density at radius 2 is 1.87 bits per heavy atom. The summed E-state index contributed by atoms with van der Waals surface area (Å²) in [6, 6.07) is 5.94. The van der Waals surface area contributed by atoms with Gasteiger partial charge in [0.25, 0.3) is 0 Å². The standard InChI is InChI=1S/C11H13Cl2NS/c12-10-2-1-9(7-11(10)13)8-14-3-5-15-6-4-14/h1-2,7H,3-6,8H2/p+1. The summed E-state index contributed by atoms with van der Waals surface area (Å²) in [7, 11) is 0. The number of benzene rings is 1. The Morgan fingerprint density at radius 1 is 1.13 bits per heavy atom. The molecule has 4 heteroatoms. The Bertz CT molecular complexity index is 337. The van der Waals surface area contributed by atoms with Crippen molar-refractivity contribution in [1.29, 1.82) is 0 Å². The number of rotatable bonds is 2. The van der Waals surface area contributed by atoms with Crippen LogP contribution in [0.4, 0.5) is 0 Å². The Labute approximate surface area is 105 Å². The van der Waals surface area contributed by atoms with Gasteiger partial charge in [0.1, 0.15) is 6.54 Å². The number of hydrogen-bond donors (Lipinski definition) is 1. The maximum atomic E-state index is 5.99. The summed E-state index contributed by atoms with van der Waals surface area (Å²) in [6.07, 6.45) is 0. The van der Waals surface area contributed by atoms with Crippen LogP contribution in [0.3, 0.4) is 0 Å². The van der Waals surface area contributed by atoms with Gasteiger partial charge in [0.05, 0.1) is 23.1 Å². The van der Waals surface area contributed by atoms with E-state index in [-0.39, 0.29) is 0 Å². The van der Waals surface area contributed by atoms with E-state index < -0.39 is 0 Å². The zero-order valence-electron chi connectivity index (χ0n) is 8.43. The second kappa shape index (κ2) is 5.44. The molecular weight excluding hydrogens is 249 g/mol. The Kier molecular flexibility index (Phi) is 4.21. The minimum Gasteiger partial charge on any atom is -0.330 e. The van der Waals surface area contributed by atoms with Crippen LogP contribution in [-0.4, -0.2) is 24.6 Å². The summed E-state index contributed by atoms with van der Waals surface area (Å²) in [4.78, 5) is 1.65. The molecule has 0 bridgehead atoms. The molecule has 1 N–H and O–H groups in total. The highest BCUT2D eigenvalue weighted by Gasteiger charge is 2.14. The summed E-state index contributed by atoms with van der Waals surface area (Å²) >= 11 is 13.9. The Balaban J connectivity index is 2.00. The average molecular weight is 263 g/mol. The summed E-state index contributed by atoms with van der Waals surface area (Å²) in [5.74, 6) is 2.55. The topological polar surface area (TPSA) is 4.44 Å². The highest BCUT2D eigenvalue weighted by molar-refractivity contribution is 7.99. The number of halogens is 2. The molecule has 0 unspecified atom stereocenters. The predicted molar refractivity (Wildman–Crippen MR) is 68.2 cm³/mol. The predicted octanol–water partition coefficient (Wildman–Crippen LogP) is 2.13. The van der Waals surface area contributed by atoms with E-state index in [4.69, 9.17) is 23.2 Å². The van der Waals surface area contributed by atoms with E-state index in [2.05, 4.69) is 6.07 Å². The first-order valence-corrected chi connectivity index (χ1v) is 7.02. The van der Waals surface area contributed by atoms with Gasteiger partial charge in [0.2, 0.25) is 0 Å². The fourth-order valence-corrected chi connectivity index (χ4v) is 3.17. The van der Waals surface area contributed by atoms with Crippen molar-refractivity contribution in [3.05, 3.63) is 33.8 Å². The van der Waals surface area contributed by atoms with Crippen molar-refractivity contribution in [2.24, 2.45) is 0 Å². The maximum Gasteiger partial charge on any atom is 0.103 e. The van der Waals surface area contributed by atoms with Gasteiger partial charge >= 0.3 is 0 Å². The molecule has 15 heavy (non-hydrogen) atoms. The minimum atomic E-state index is 0.643. The van der Waals surface area contributed by atoms with Gasteiger partial charge in [-0.15, -0.1) is 0 Å². The van der Waals surface area contributed by atoms with Crippen molar-refractivity contribution >= 4 is 35.0 Å². The molecule has 0 amide bonds. The lowest BCUT2D eigenvalue weighted by atomic mass is 10.2. The van der Waals surface area contributed by atoms with Gasteiger partial charge in [-0.2, -0.15) is 11.8 Å². The summed E-state index contributed by atoms with van der Waals surface area (Å²) < 4.78 is 0. The van der Waals surface area contributed by atoms with Gasteiger partial charge in [-0.3, -0.25) is 0 Å². The van der Waals surface area contributed by atoms with Crippen molar-refractivity contribution < 1.29 is 4.90 Å². The van der Waals surface area contributed by atoms with Crippen LogP contribution in [-0.2, 0) is 6.54 Å². The molecule has 1 fully saturated rings. The molecule has 1 saturated heterocycles. The van der Waals surface area contributed by atoms with Crippen LogP contribution < -0.4 is 4.90 Å². The summed E-state index contributed by atoms with van der Waals surface area (Å²) in [5, 5.41) is 1.31. The van der Waals surface area contributed by atoms with Crippen LogP contribution >= 0.6 is 35.0 Å². The third-order valence-electron chi connectivity index (χ3n) is 2.64. The Morgan fingerprint density at radius 3 is 2.53 bits per heavy atom. The largest absolute Gasteiger partial charge is 0.330 e. The van der Waals surface area contributed by atoms with Crippen LogP contribution in [0.2, 0.25) is 10.0 Å². The van der Waals surface area contributed by atoms with E-state index >= 15 is 0 Å². The molecule has 0 aliphatic carbocycles. The molecule has 1 heterocycles. The molecule has 1 aromatic carbocycles. The van der Waals surface area contributed by atoms with Gasteiger partial charge in [0, 0.05) is 17.1 Å². The van der Waals surface area contributed by atoms with Gasteiger partial charge in [-0.05, 0) is 12.1 Å². The normalized spacial score (nSPS) is 18.0. The third kappa shape index (κ3) is 3.28. The first kappa shape index (κ1) is 11.6. The van der Waals surface area contributed by atoms with Crippen LogP contribution in [0.25, 0.3) is 0 Å². The molecule has 0 radical (unpaired) electrons. The van der Waals surface area contributed by atoms with E-state index in [9.17, 15) is 0 Å². The zero-order valence-corrected chi connectivity index (χ0v) is 10.8. The van der Waals surface area contributed by atoms with Crippen LogP contribution in [0.5, 0.6) is 0 Å². The van der Waals surface area contributed by atoms with Gasteiger partial charge in [0.15, 0.2) is 0 Å². The highest BCUT2D eigenvalue weighted by atomic mass is 35.5. The molecular formula is C11H14Cl2NS+. The maximum absolute atomic E-state index is 5.99. The summed E-state index contributed by atoms with van der Waals surface area (Å²) in [5.41, 5.74) is 1.28. The van der Waals surface area contributed by atoms with Crippen molar-refractivity contribution in [2.75, 3.05) is 24.6 Å². The van der Waals surface area contributed by atoms with Crippen LogP contribution in [0.15, 0.2) is 18.2 Å². The fraction of sp³-hybridized carbons (Fsp3) is 0.455. The van der Waals surface area contributed by atoms with Crippen molar-refractivity contribution in [3.8, 4) is 0 Å². The minimum absolute atomic E-state index is 0.643. The second-order valence-electron chi connectivity index (χ2n) is 3.79. The molecule has 1 aliphatic rings. The van der Waals surface area contributed by atoms with E-state index in [0.29, 0.717) is 10.0 Å². The van der Waals surface area contributed by atoms with Gasteiger partial charge in [-0.25, -0.2) is 0 Å². The second-order valence-corrected chi connectivity index (χ2v) is 5.83. The van der Waals surface area contributed by atoms with Gasteiger partial charge < -0.3 is 4.90 Å². The SMILES string of the molecule is Clc1ccc(C[NH+]2CCSCC2)cc1Cl. The molecule has 2 rings (SSSR count). The molecule has 1 aliphatic heterocycles. The van der Waals surface area contributed by atoms with Crippen LogP contribution in [0, 0.1) is 0 Å². The van der Waals surface area contributed by atoms with E-state index in [1.807, 2.05) is 23.9 Å². The number of hydrogen-bond acceptors (Lipinski definition) is 1. The van der Waals surface area contributed by atoms with E-state index in [0.717, 1.165) is 6.54 Å².